The van der Waals surface area contributed by atoms with Crippen molar-refractivity contribution in [1.29, 1.82) is 0 Å². The number of nitrogens with zero attached hydrogens (tertiary/aromatic N) is 2. The molecule has 1 aromatic heterocycles. The maximum atomic E-state index is 13.1. The van der Waals surface area contributed by atoms with E-state index in [1.54, 1.807) is 4.90 Å². The lowest BCUT2D eigenvalue weighted by Crippen LogP contribution is -2.35. The predicted molar refractivity (Wildman–Crippen MR) is 73.8 cm³/mol. The van der Waals surface area contributed by atoms with Crippen LogP contribution < -0.4 is 0 Å². The third-order valence-electron chi connectivity index (χ3n) is 3.28. The molecule has 1 aliphatic rings. The van der Waals surface area contributed by atoms with E-state index in [0.717, 1.165) is 6.42 Å². The summed E-state index contributed by atoms with van der Waals surface area (Å²) in [5, 5.41) is 0. The molecule has 6 heteroatoms. The van der Waals surface area contributed by atoms with Crippen molar-refractivity contribution in [2.24, 2.45) is 5.92 Å². The molecule has 0 unspecified atom stereocenters. The molecular formula is C15H20F2N2O2. The minimum absolute atomic E-state index is 0.179. The van der Waals surface area contributed by atoms with Gasteiger partial charge in [-0.25, -0.2) is 4.79 Å². The lowest BCUT2D eigenvalue weighted by atomic mass is 9.99. The standard InChI is InChI=1S/C15H20F2N2O2/c1-15(2,3)21-14(20)19-5-4-10(9-19)6-11-7-12(16)18-13(17)8-11/h7-8,10H,4-6,9H2,1-3H3/t10-/m0/s1. The molecule has 0 aliphatic carbocycles. The summed E-state index contributed by atoms with van der Waals surface area (Å²) in [6.07, 6.45) is 0.984. The van der Waals surface area contributed by atoms with Crippen LogP contribution in [0.4, 0.5) is 13.6 Å². The van der Waals surface area contributed by atoms with Crippen LogP contribution in [0.2, 0.25) is 0 Å². The molecule has 2 heterocycles. The second-order valence-electron chi connectivity index (χ2n) is 6.41. The first-order valence-corrected chi connectivity index (χ1v) is 7.03. The van der Waals surface area contributed by atoms with E-state index in [1.165, 1.54) is 12.1 Å². The van der Waals surface area contributed by atoms with Crippen LogP contribution in [0.15, 0.2) is 12.1 Å². The Morgan fingerprint density at radius 1 is 1.38 bits per heavy atom. The first-order chi connectivity index (χ1) is 9.73. The predicted octanol–water partition coefficient (Wildman–Crippen LogP) is 3.16. The van der Waals surface area contributed by atoms with E-state index in [1.807, 2.05) is 20.8 Å². The van der Waals surface area contributed by atoms with E-state index in [9.17, 15) is 13.6 Å². The molecule has 0 saturated carbocycles. The number of likely N-dealkylation sites (tertiary alicyclic amines) is 1. The Kier molecular flexibility index (Phi) is 4.44. The zero-order valence-electron chi connectivity index (χ0n) is 12.5. The minimum atomic E-state index is -0.813. The van der Waals surface area contributed by atoms with Gasteiger partial charge in [-0.15, -0.1) is 0 Å². The summed E-state index contributed by atoms with van der Waals surface area (Å²) in [5.41, 5.74) is 0.0445. The smallest absolute Gasteiger partial charge is 0.410 e. The third kappa shape index (κ3) is 4.65. The van der Waals surface area contributed by atoms with Crippen LogP contribution in [-0.2, 0) is 11.2 Å². The molecule has 0 N–H and O–H groups in total. The van der Waals surface area contributed by atoms with Gasteiger partial charge < -0.3 is 9.64 Å². The van der Waals surface area contributed by atoms with E-state index < -0.39 is 17.5 Å². The van der Waals surface area contributed by atoms with E-state index in [0.29, 0.717) is 25.1 Å². The Hall–Kier alpha value is -1.72. The lowest BCUT2D eigenvalue weighted by molar-refractivity contribution is 0.0288. The largest absolute Gasteiger partial charge is 0.444 e. The topological polar surface area (TPSA) is 42.4 Å². The van der Waals surface area contributed by atoms with Gasteiger partial charge in [0.1, 0.15) is 5.60 Å². The molecular weight excluding hydrogens is 278 g/mol. The average Bonchev–Trinajstić information content (AvgIpc) is 2.73. The molecule has 1 amide bonds. The van der Waals surface area contributed by atoms with Crippen molar-refractivity contribution in [2.45, 2.75) is 39.2 Å². The summed E-state index contributed by atoms with van der Waals surface area (Å²) in [7, 11) is 0. The van der Waals surface area contributed by atoms with Crippen molar-refractivity contribution in [2.75, 3.05) is 13.1 Å². The highest BCUT2D eigenvalue weighted by Gasteiger charge is 2.29. The summed E-state index contributed by atoms with van der Waals surface area (Å²) in [6, 6.07) is 2.47. The summed E-state index contributed by atoms with van der Waals surface area (Å²) in [4.78, 5) is 16.7. The molecule has 21 heavy (non-hydrogen) atoms. The van der Waals surface area contributed by atoms with Gasteiger partial charge in [0.2, 0.25) is 11.9 Å². The van der Waals surface area contributed by atoms with Crippen molar-refractivity contribution in [3.8, 4) is 0 Å². The maximum Gasteiger partial charge on any atom is 0.410 e. The Morgan fingerprint density at radius 2 is 2.00 bits per heavy atom. The zero-order valence-corrected chi connectivity index (χ0v) is 12.5. The highest BCUT2D eigenvalue weighted by molar-refractivity contribution is 5.68. The van der Waals surface area contributed by atoms with Crippen molar-refractivity contribution in [3.05, 3.63) is 29.6 Å². The number of aromatic nitrogens is 1. The van der Waals surface area contributed by atoms with E-state index in [-0.39, 0.29) is 12.0 Å². The highest BCUT2D eigenvalue weighted by atomic mass is 19.1. The summed E-state index contributed by atoms with van der Waals surface area (Å²) in [6.45, 7) is 6.61. The molecule has 1 saturated heterocycles. The second-order valence-corrected chi connectivity index (χ2v) is 6.41. The number of ether oxygens (including phenoxy) is 1. The number of hydrogen-bond acceptors (Lipinski definition) is 3. The number of carbonyl (C=O) groups is 1. The monoisotopic (exact) mass is 298 g/mol. The van der Waals surface area contributed by atoms with E-state index in [2.05, 4.69) is 4.98 Å². The van der Waals surface area contributed by atoms with Crippen LogP contribution in [0.5, 0.6) is 0 Å². The van der Waals surface area contributed by atoms with Crippen LogP contribution in [-0.4, -0.2) is 34.7 Å². The first-order valence-electron chi connectivity index (χ1n) is 7.03. The van der Waals surface area contributed by atoms with Crippen molar-refractivity contribution >= 4 is 6.09 Å². The third-order valence-corrected chi connectivity index (χ3v) is 3.28. The van der Waals surface area contributed by atoms with Gasteiger partial charge in [0.05, 0.1) is 0 Å². The molecule has 1 atom stereocenters. The number of hydrogen-bond donors (Lipinski definition) is 0. The van der Waals surface area contributed by atoms with Gasteiger partial charge in [0.25, 0.3) is 0 Å². The Labute approximate surface area is 123 Å². The van der Waals surface area contributed by atoms with E-state index >= 15 is 0 Å². The summed E-state index contributed by atoms with van der Waals surface area (Å²) in [5.74, 6) is -1.45. The fourth-order valence-corrected chi connectivity index (χ4v) is 2.46. The van der Waals surface area contributed by atoms with Gasteiger partial charge in [-0.05, 0) is 57.2 Å². The van der Waals surface area contributed by atoms with Crippen LogP contribution in [0.3, 0.4) is 0 Å². The highest BCUT2D eigenvalue weighted by Crippen LogP contribution is 2.23. The van der Waals surface area contributed by atoms with Crippen molar-refractivity contribution in [1.82, 2.24) is 9.88 Å². The summed E-state index contributed by atoms with van der Waals surface area (Å²) < 4.78 is 31.4. The molecule has 0 aromatic carbocycles. The quantitative estimate of drug-likeness (QED) is 0.788. The molecule has 0 bridgehead atoms. The normalized spacial score (nSPS) is 18.9. The number of rotatable bonds is 2. The van der Waals surface area contributed by atoms with Crippen LogP contribution in [0.1, 0.15) is 32.8 Å². The van der Waals surface area contributed by atoms with E-state index in [4.69, 9.17) is 4.74 Å². The first kappa shape index (κ1) is 15.7. The van der Waals surface area contributed by atoms with Gasteiger partial charge in [0.15, 0.2) is 0 Å². The molecule has 0 radical (unpaired) electrons. The van der Waals surface area contributed by atoms with Crippen LogP contribution >= 0.6 is 0 Å². The van der Waals surface area contributed by atoms with Gasteiger partial charge in [0, 0.05) is 13.1 Å². The van der Waals surface area contributed by atoms with Crippen LogP contribution in [0, 0.1) is 17.8 Å². The van der Waals surface area contributed by atoms with Gasteiger partial charge in [-0.1, -0.05) is 0 Å². The Bertz CT molecular complexity index is 509. The molecule has 116 valence electrons. The van der Waals surface area contributed by atoms with Gasteiger partial charge >= 0.3 is 6.09 Å². The fourth-order valence-electron chi connectivity index (χ4n) is 2.46. The molecule has 1 aliphatic heterocycles. The molecule has 1 fully saturated rings. The van der Waals surface area contributed by atoms with Crippen molar-refractivity contribution < 1.29 is 18.3 Å². The maximum absolute atomic E-state index is 13.1. The number of amides is 1. The Morgan fingerprint density at radius 3 is 2.57 bits per heavy atom. The molecule has 1 aromatic rings. The lowest BCUT2D eigenvalue weighted by Gasteiger charge is -2.24. The Balaban J connectivity index is 1.92. The zero-order chi connectivity index (χ0) is 15.6. The fraction of sp³-hybridized carbons (Fsp3) is 0.600. The van der Waals surface area contributed by atoms with Gasteiger partial charge in [-0.3, -0.25) is 0 Å². The molecule has 0 spiro atoms. The van der Waals surface area contributed by atoms with Crippen molar-refractivity contribution in [3.63, 3.8) is 0 Å². The average molecular weight is 298 g/mol. The number of pyridine rings is 1. The van der Waals surface area contributed by atoms with Gasteiger partial charge in [-0.2, -0.15) is 13.8 Å². The number of carbonyl (C=O) groups excluding carboxylic acids is 1. The number of halogens is 2. The minimum Gasteiger partial charge on any atom is -0.444 e. The second kappa shape index (κ2) is 5.95. The molecule has 2 rings (SSSR count). The molecule has 4 nitrogen and oxygen atoms in total. The van der Waals surface area contributed by atoms with Crippen LogP contribution in [0.25, 0.3) is 0 Å². The SMILES string of the molecule is CC(C)(C)OC(=O)N1CC[C@@H](Cc2cc(F)nc(F)c2)C1. The summed E-state index contributed by atoms with van der Waals surface area (Å²) >= 11 is 0.